The molecular weight excluding hydrogens is 377 g/mol. The molecule has 0 amide bonds. The highest BCUT2D eigenvalue weighted by Crippen LogP contribution is 2.44. The quantitative estimate of drug-likeness (QED) is 0.605. The number of allylic oxidation sites excluding steroid dienone is 3. The summed E-state index contributed by atoms with van der Waals surface area (Å²) in [5.74, 6) is 0.907. The number of benzene rings is 1. The molecule has 6 heteroatoms. The number of anilines is 1. The van der Waals surface area contributed by atoms with Gasteiger partial charge in [-0.1, -0.05) is 12.1 Å². The van der Waals surface area contributed by atoms with Crippen LogP contribution in [-0.4, -0.2) is 26.3 Å². The summed E-state index contributed by atoms with van der Waals surface area (Å²) >= 11 is 0. The van der Waals surface area contributed by atoms with Gasteiger partial charge in [-0.25, -0.2) is 4.39 Å². The fraction of sp³-hybridized carbons (Fsp3) is 0.292. The Kier molecular flexibility index (Phi) is 4.04. The summed E-state index contributed by atoms with van der Waals surface area (Å²) < 4.78 is 17.9. The van der Waals surface area contributed by atoms with E-state index in [0.29, 0.717) is 35.6 Å². The van der Waals surface area contributed by atoms with E-state index in [4.69, 9.17) is 0 Å². The number of hydrogen-bond acceptors (Lipinski definition) is 4. The third kappa shape index (κ3) is 3.03. The second-order valence-corrected chi connectivity index (χ2v) is 8.31. The topological polar surface area (TPSA) is 46.8 Å². The first kappa shape index (κ1) is 17.6. The molecule has 3 heterocycles. The molecule has 2 fully saturated rings. The smallest absolute Gasteiger partial charge is 0.167 e. The molecule has 1 aliphatic heterocycles. The lowest BCUT2D eigenvalue weighted by Gasteiger charge is -2.32. The summed E-state index contributed by atoms with van der Waals surface area (Å²) in [4.78, 5) is 6.26. The zero-order chi connectivity index (χ0) is 20.1. The second kappa shape index (κ2) is 6.90. The van der Waals surface area contributed by atoms with Gasteiger partial charge in [-0.3, -0.25) is 4.98 Å². The van der Waals surface area contributed by atoms with Crippen LogP contribution in [0.1, 0.15) is 37.3 Å². The third-order valence-corrected chi connectivity index (χ3v) is 6.17. The average molecular weight is 399 g/mol. The molecule has 0 spiro atoms. The Hall–Kier alpha value is -3.28. The Balaban J connectivity index is 1.41. The van der Waals surface area contributed by atoms with E-state index in [0.717, 1.165) is 36.8 Å². The SMILES string of the molecule is Fc1c(-c2nncn2C2CC2)cccc1N1CC(c2ccncc2)=CC=C1C1CC1. The van der Waals surface area contributed by atoms with Gasteiger partial charge in [0, 0.05) is 30.7 Å². The maximum atomic E-state index is 15.9. The molecule has 2 aliphatic carbocycles. The van der Waals surface area contributed by atoms with Gasteiger partial charge in [-0.15, -0.1) is 10.2 Å². The van der Waals surface area contributed by atoms with Gasteiger partial charge < -0.3 is 9.47 Å². The largest absolute Gasteiger partial charge is 0.338 e. The number of pyridine rings is 1. The van der Waals surface area contributed by atoms with Crippen LogP contribution in [0.2, 0.25) is 0 Å². The van der Waals surface area contributed by atoms with E-state index in [9.17, 15) is 0 Å². The molecule has 2 aromatic heterocycles. The van der Waals surface area contributed by atoms with Crippen molar-refractivity contribution in [2.24, 2.45) is 5.92 Å². The number of aromatic nitrogens is 4. The monoisotopic (exact) mass is 399 g/mol. The zero-order valence-corrected chi connectivity index (χ0v) is 16.6. The lowest BCUT2D eigenvalue weighted by molar-refractivity contribution is 0.622. The molecule has 1 aromatic carbocycles. The van der Waals surface area contributed by atoms with Gasteiger partial charge in [0.1, 0.15) is 6.33 Å². The van der Waals surface area contributed by atoms with Crippen LogP contribution >= 0.6 is 0 Å². The number of rotatable bonds is 5. The molecule has 6 rings (SSSR count). The minimum Gasteiger partial charge on any atom is -0.338 e. The van der Waals surface area contributed by atoms with E-state index >= 15 is 4.39 Å². The van der Waals surface area contributed by atoms with Crippen molar-refractivity contribution < 1.29 is 4.39 Å². The normalized spacial score (nSPS) is 18.9. The standard InChI is InChI=1S/C24H22FN5/c25-23-20(24-28-27-15-30(24)19-7-8-19)2-1-3-22(23)29-14-18(16-10-12-26-13-11-16)6-9-21(29)17-4-5-17/h1-3,6,9-13,15,17,19H,4-5,7-8,14H2. The van der Waals surface area contributed by atoms with Crippen LogP contribution in [0.4, 0.5) is 10.1 Å². The third-order valence-electron chi connectivity index (χ3n) is 6.17. The minimum atomic E-state index is -0.227. The fourth-order valence-electron chi connectivity index (χ4n) is 4.26. The summed E-state index contributed by atoms with van der Waals surface area (Å²) in [6.07, 6.45) is 14.2. The van der Waals surface area contributed by atoms with Crippen molar-refractivity contribution >= 4 is 11.3 Å². The Morgan fingerprint density at radius 3 is 2.57 bits per heavy atom. The van der Waals surface area contributed by atoms with Crippen LogP contribution in [0.3, 0.4) is 0 Å². The molecule has 0 saturated heterocycles. The summed E-state index contributed by atoms with van der Waals surface area (Å²) in [5, 5.41) is 8.30. The van der Waals surface area contributed by atoms with Crippen molar-refractivity contribution in [1.29, 1.82) is 0 Å². The summed E-state index contributed by atoms with van der Waals surface area (Å²) in [5.41, 5.74) is 4.61. The first-order valence-corrected chi connectivity index (χ1v) is 10.6. The van der Waals surface area contributed by atoms with E-state index in [2.05, 4.69) is 32.2 Å². The number of halogens is 1. The van der Waals surface area contributed by atoms with Gasteiger partial charge in [-0.2, -0.15) is 0 Å². The molecule has 3 aliphatic rings. The van der Waals surface area contributed by atoms with Gasteiger partial charge in [-0.05, 0) is 73.1 Å². The van der Waals surface area contributed by atoms with Crippen molar-refractivity contribution in [3.63, 3.8) is 0 Å². The lowest BCUT2D eigenvalue weighted by Crippen LogP contribution is -2.29. The van der Waals surface area contributed by atoms with Crippen molar-refractivity contribution in [2.75, 3.05) is 11.4 Å². The van der Waals surface area contributed by atoms with E-state index in [-0.39, 0.29) is 5.82 Å². The lowest BCUT2D eigenvalue weighted by atomic mass is 10.00. The molecular formula is C24H22FN5. The Bertz CT molecular complexity index is 1160. The predicted molar refractivity (Wildman–Crippen MR) is 114 cm³/mol. The van der Waals surface area contributed by atoms with Crippen molar-refractivity contribution in [2.45, 2.75) is 31.7 Å². The Labute approximate surface area is 174 Å². The van der Waals surface area contributed by atoms with E-state index < -0.39 is 0 Å². The van der Waals surface area contributed by atoms with Crippen LogP contribution in [-0.2, 0) is 0 Å². The molecule has 0 N–H and O–H groups in total. The van der Waals surface area contributed by atoms with Crippen LogP contribution in [0.15, 0.2) is 66.9 Å². The maximum Gasteiger partial charge on any atom is 0.167 e. The fourth-order valence-corrected chi connectivity index (χ4v) is 4.26. The zero-order valence-electron chi connectivity index (χ0n) is 16.6. The molecule has 30 heavy (non-hydrogen) atoms. The summed E-state index contributed by atoms with van der Waals surface area (Å²) in [7, 11) is 0. The van der Waals surface area contributed by atoms with Gasteiger partial charge >= 0.3 is 0 Å². The highest BCUT2D eigenvalue weighted by Gasteiger charge is 2.34. The highest BCUT2D eigenvalue weighted by molar-refractivity contribution is 5.77. The van der Waals surface area contributed by atoms with E-state index in [1.807, 2.05) is 34.9 Å². The highest BCUT2D eigenvalue weighted by atomic mass is 19.1. The summed E-state index contributed by atoms with van der Waals surface area (Å²) in [6.45, 7) is 0.641. The molecule has 0 radical (unpaired) electrons. The van der Waals surface area contributed by atoms with Gasteiger partial charge in [0.25, 0.3) is 0 Å². The maximum absolute atomic E-state index is 15.9. The number of hydrogen-bond donors (Lipinski definition) is 0. The molecule has 5 nitrogen and oxygen atoms in total. The molecule has 0 bridgehead atoms. The second-order valence-electron chi connectivity index (χ2n) is 8.31. The molecule has 0 unspecified atom stereocenters. The molecule has 3 aromatic rings. The van der Waals surface area contributed by atoms with Crippen LogP contribution in [0, 0.1) is 11.7 Å². The summed E-state index contributed by atoms with van der Waals surface area (Å²) in [6, 6.07) is 10.0. The number of nitrogens with zero attached hydrogens (tertiary/aromatic N) is 5. The Morgan fingerprint density at radius 1 is 0.967 bits per heavy atom. The van der Waals surface area contributed by atoms with Crippen LogP contribution in [0.25, 0.3) is 17.0 Å². The molecule has 0 atom stereocenters. The Morgan fingerprint density at radius 2 is 1.80 bits per heavy atom. The molecule has 2 saturated carbocycles. The first-order chi connectivity index (χ1) is 14.8. The predicted octanol–water partition coefficient (Wildman–Crippen LogP) is 5.01. The van der Waals surface area contributed by atoms with E-state index in [1.54, 1.807) is 18.7 Å². The molecule has 150 valence electrons. The van der Waals surface area contributed by atoms with Crippen molar-refractivity contribution in [3.05, 3.63) is 78.3 Å². The van der Waals surface area contributed by atoms with Gasteiger partial charge in [0.2, 0.25) is 0 Å². The van der Waals surface area contributed by atoms with Crippen LogP contribution < -0.4 is 4.90 Å². The first-order valence-electron chi connectivity index (χ1n) is 10.6. The van der Waals surface area contributed by atoms with Crippen LogP contribution in [0.5, 0.6) is 0 Å². The van der Waals surface area contributed by atoms with Crippen molar-refractivity contribution in [3.8, 4) is 11.4 Å². The van der Waals surface area contributed by atoms with Gasteiger partial charge in [0.15, 0.2) is 11.6 Å². The van der Waals surface area contributed by atoms with E-state index in [1.165, 1.54) is 5.70 Å². The average Bonchev–Trinajstić information content (AvgIpc) is 3.73. The van der Waals surface area contributed by atoms with Crippen molar-refractivity contribution in [1.82, 2.24) is 19.7 Å². The minimum absolute atomic E-state index is 0.227. The van der Waals surface area contributed by atoms with Gasteiger partial charge in [0.05, 0.1) is 11.3 Å².